The molecule has 0 saturated heterocycles. The fourth-order valence-electron chi connectivity index (χ4n) is 3.65. The van der Waals surface area contributed by atoms with Crippen LogP contribution >= 0.6 is 11.8 Å². The van der Waals surface area contributed by atoms with Gasteiger partial charge in [0.2, 0.25) is 0 Å². The number of nitrogens with zero attached hydrogens (tertiary/aromatic N) is 5. The molecule has 10 heteroatoms. The summed E-state index contributed by atoms with van der Waals surface area (Å²) in [5, 5.41) is 15.2. The topological polar surface area (TPSA) is 98.9 Å². The molecule has 1 aromatic carbocycles. The number of furan rings is 2. The number of thioether (sulfide) groups is 1. The summed E-state index contributed by atoms with van der Waals surface area (Å²) in [7, 11) is 3.47. The molecular formula is C23H21N5O4S. The van der Waals surface area contributed by atoms with E-state index in [0.717, 1.165) is 17.0 Å². The van der Waals surface area contributed by atoms with E-state index in [1.165, 1.54) is 16.8 Å². The van der Waals surface area contributed by atoms with Gasteiger partial charge in [-0.3, -0.25) is 4.79 Å². The Morgan fingerprint density at radius 1 is 1.12 bits per heavy atom. The second-order valence-electron chi connectivity index (χ2n) is 7.38. The van der Waals surface area contributed by atoms with Gasteiger partial charge in [0.05, 0.1) is 31.1 Å². The van der Waals surface area contributed by atoms with Crippen LogP contribution in [0.25, 0.3) is 11.6 Å². The van der Waals surface area contributed by atoms with Gasteiger partial charge in [0.25, 0.3) is 5.91 Å². The number of rotatable bonds is 7. The molecule has 0 N–H and O–H groups in total. The fourth-order valence-corrected chi connectivity index (χ4v) is 4.42. The lowest BCUT2D eigenvalue weighted by Crippen LogP contribution is -2.28. The lowest BCUT2D eigenvalue weighted by atomic mass is 10.0. The molecule has 0 bridgehead atoms. The van der Waals surface area contributed by atoms with Gasteiger partial charge in [0.15, 0.2) is 16.7 Å². The Bertz CT molecular complexity index is 1260. The minimum Gasteiger partial charge on any atom is -0.497 e. The van der Waals surface area contributed by atoms with Gasteiger partial charge in [-0.15, -0.1) is 10.2 Å². The normalized spacial score (nSPS) is 15.6. The van der Waals surface area contributed by atoms with Gasteiger partial charge in [-0.1, -0.05) is 11.8 Å². The number of hydrazone groups is 1. The molecule has 0 aliphatic carbocycles. The predicted molar refractivity (Wildman–Crippen MR) is 122 cm³/mol. The molecule has 3 aromatic heterocycles. The standard InChI is InChI=1S/C23H21N5O4S/c1-27-22(20-6-4-12-32-20)24-25-23(27)33-14-21(29)28-18(19-5-3-11-31-19)13-17(26-28)15-7-9-16(30-2)10-8-15/h3-12,18H,13-14H2,1-2H3/t18-/m1/s1. The SMILES string of the molecule is COc1ccc(C2=NN(C(=O)CSc3nnc(-c4ccco4)n3C)[C@@H](c3ccco3)C2)cc1. The van der Waals surface area contributed by atoms with E-state index in [-0.39, 0.29) is 17.7 Å². The Morgan fingerprint density at radius 2 is 1.91 bits per heavy atom. The Morgan fingerprint density at radius 3 is 2.61 bits per heavy atom. The zero-order valence-corrected chi connectivity index (χ0v) is 18.9. The number of amides is 1. The molecule has 0 unspecified atom stereocenters. The van der Waals surface area contributed by atoms with Gasteiger partial charge in [-0.2, -0.15) is 5.10 Å². The fraction of sp³-hybridized carbons (Fsp3) is 0.217. The van der Waals surface area contributed by atoms with Crippen LogP contribution in [-0.2, 0) is 11.8 Å². The molecule has 1 aliphatic rings. The van der Waals surface area contributed by atoms with Crippen molar-refractivity contribution in [1.82, 2.24) is 19.8 Å². The molecule has 33 heavy (non-hydrogen) atoms. The molecule has 9 nitrogen and oxygen atoms in total. The average molecular weight is 464 g/mol. The smallest absolute Gasteiger partial charge is 0.253 e. The molecule has 0 fully saturated rings. The van der Waals surface area contributed by atoms with E-state index in [1.54, 1.807) is 30.3 Å². The largest absolute Gasteiger partial charge is 0.497 e. The summed E-state index contributed by atoms with van der Waals surface area (Å²) < 4.78 is 18.1. The second-order valence-corrected chi connectivity index (χ2v) is 8.32. The van der Waals surface area contributed by atoms with Crippen LogP contribution in [0.5, 0.6) is 5.75 Å². The Hall–Kier alpha value is -3.79. The lowest BCUT2D eigenvalue weighted by molar-refractivity contribution is -0.130. The van der Waals surface area contributed by atoms with Crippen LogP contribution in [0.2, 0.25) is 0 Å². The van der Waals surface area contributed by atoms with Crippen LogP contribution in [0, 0.1) is 0 Å². The van der Waals surface area contributed by atoms with Crippen LogP contribution in [0.15, 0.2) is 80.1 Å². The van der Waals surface area contributed by atoms with Crippen molar-refractivity contribution < 1.29 is 18.4 Å². The maximum absolute atomic E-state index is 13.2. The molecular weight excluding hydrogens is 442 g/mol. The minimum atomic E-state index is -0.302. The zero-order chi connectivity index (χ0) is 22.8. The van der Waals surface area contributed by atoms with Crippen LogP contribution in [-0.4, -0.2) is 44.3 Å². The first-order valence-corrected chi connectivity index (χ1v) is 11.3. The van der Waals surface area contributed by atoms with Crippen LogP contribution < -0.4 is 4.74 Å². The first kappa shape index (κ1) is 21.1. The van der Waals surface area contributed by atoms with E-state index in [9.17, 15) is 4.79 Å². The first-order valence-electron chi connectivity index (χ1n) is 10.3. The van der Waals surface area contributed by atoms with Crippen LogP contribution in [0.3, 0.4) is 0 Å². The van der Waals surface area contributed by atoms with Crippen molar-refractivity contribution in [3.05, 3.63) is 72.4 Å². The van der Waals surface area contributed by atoms with Crippen molar-refractivity contribution >= 4 is 23.4 Å². The number of hydrogen-bond acceptors (Lipinski definition) is 8. The highest BCUT2D eigenvalue weighted by atomic mass is 32.2. The van der Waals surface area contributed by atoms with Crippen molar-refractivity contribution in [2.45, 2.75) is 17.6 Å². The summed E-state index contributed by atoms with van der Waals surface area (Å²) in [5.41, 5.74) is 1.75. The first-order chi connectivity index (χ1) is 16.1. The van der Waals surface area contributed by atoms with E-state index in [2.05, 4.69) is 15.3 Å². The molecule has 0 saturated carbocycles. The molecule has 4 aromatic rings. The zero-order valence-electron chi connectivity index (χ0n) is 18.0. The van der Waals surface area contributed by atoms with Crippen LogP contribution in [0.1, 0.15) is 23.8 Å². The summed E-state index contributed by atoms with van der Waals surface area (Å²) >= 11 is 1.30. The Balaban J connectivity index is 1.34. The monoisotopic (exact) mass is 463 g/mol. The van der Waals surface area contributed by atoms with Crippen molar-refractivity contribution in [2.75, 3.05) is 12.9 Å². The van der Waals surface area contributed by atoms with E-state index in [0.29, 0.717) is 28.9 Å². The van der Waals surface area contributed by atoms with Gasteiger partial charge in [-0.05, 0) is 54.1 Å². The number of ether oxygens (including phenoxy) is 1. The van der Waals surface area contributed by atoms with Gasteiger partial charge < -0.3 is 18.1 Å². The second kappa shape index (κ2) is 8.99. The van der Waals surface area contributed by atoms with Gasteiger partial charge >= 0.3 is 0 Å². The highest BCUT2D eigenvalue weighted by Gasteiger charge is 2.35. The average Bonchev–Trinajstić information content (AvgIpc) is 3.64. The molecule has 1 atom stereocenters. The van der Waals surface area contributed by atoms with Crippen molar-refractivity contribution in [1.29, 1.82) is 0 Å². The van der Waals surface area contributed by atoms with E-state index >= 15 is 0 Å². The van der Waals surface area contributed by atoms with E-state index in [4.69, 9.17) is 13.6 Å². The number of methoxy groups -OCH3 is 1. The summed E-state index contributed by atoms with van der Waals surface area (Å²) in [6.45, 7) is 0. The number of hydrogen-bond donors (Lipinski definition) is 0. The summed E-state index contributed by atoms with van der Waals surface area (Å²) in [6, 6.07) is 14.6. The maximum Gasteiger partial charge on any atom is 0.253 e. The molecule has 0 spiro atoms. The molecule has 5 rings (SSSR count). The minimum absolute atomic E-state index is 0.146. The molecule has 4 heterocycles. The van der Waals surface area contributed by atoms with Gasteiger partial charge in [0.1, 0.15) is 17.6 Å². The molecule has 1 aliphatic heterocycles. The molecule has 0 radical (unpaired) electrons. The Kier molecular flexibility index (Phi) is 5.74. The van der Waals surface area contributed by atoms with Gasteiger partial charge in [-0.25, -0.2) is 5.01 Å². The highest BCUT2D eigenvalue weighted by molar-refractivity contribution is 7.99. The molecule has 1 amide bonds. The van der Waals surface area contributed by atoms with Gasteiger partial charge in [0, 0.05) is 13.5 Å². The van der Waals surface area contributed by atoms with Crippen molar-refractivity contribution in [3.63, 3.8) is 0 Å². The summed E-state index contributed by atoms with van der Waals surface area (Å²) in [6.07, 6.45) is 3.75. The third-order valence-corrected chi connectivity index (χ3v) is 6.37. The van der Waals surface area contributed by atoms with E-state index < -0.39 is 0 Å². The summed E-state index contributed by atoms with van der Waals surface area (Å²) in [4.78, 5) is 13.2. The number of benzene rings is 1. The Labute approximate surface area is 194 Å². The number of carbonyl (C=O) groups is 1. The third-order valence-electron chi connectivity index (χ3n) is 5.36. The van der Waals surface area contributed by atoms with Crippen molar-refractivity contribution in [3.8, 4) is 17.3 Å². The maximum atomic E-state index is 13.2. The number of aromatic nitrogens is 3. The quantitative estimate of drug-likeness (QED) is 0.380. The summed E-state index contributed by atoms with van der Waals surface area (Å²) in [5.74, 6) is 2.69. The third kappa shape index (κ3) is 4.17. The predicted octanol–water partition coefficient (Wildman–Crippen LogP) is 4.15. The lowest BCUT2D eigenvalue weighted by Gasteiger charge is -2.19. The van der Waals surface area contributed by atoms with Crippen molar-refractivity contribution in [2.24, 2.45) is 12.1 Å². The number of carbonyl (C=O) groups excluding carboxylic acids is 1. The molecule has 168 valence electrons. The van der Waals surface area contributed by atoms with Crippen LogP contribution in [0.4, 0.5) is 0 Å². The van der Waals surface area contributed by atoms with E-state index in [1.807, 2.05) is 49.5 Å². The highest BCUT2D eigenvalue weighted by Crippen LogP contribution is 2.34.